The minimum atomic E-state index is -0.678. The van der Waals surface area contributed by atoms with Gasteiger partial charge >= 0.3 is 5.97 Å². The van der Waals surface area contributed by atoms with Gasteiger partial charge in [-0.15, -0.1) is 0 Å². The number of aryl methyl sites for hydroxylation is 1. The normalized spacial score (nSPS) is 18.5. The van der Waals surface area contributed by atoms with Gasteiger partial charge in [-0.05, 0) is 37.7 Å². The summed E-state index contributed by atoms with van der Waals surface area (Å²) in [5, 5.41) is 9.40. The summed E-state index contributed by atoms with van der Waals surface area (Å²) in [6, 6.07) is 8.14. The monoisotopic (exact) mass is 248 g/mol. The SMILES string of the molecule is Cc1ccc(CC(C(=O)O)C2CCOCC2)cc1. The fourth-order valence-electron chi connectivity index (χ4n) is 2.55. The smallest absolute Gasteiger partial charge is 0.307 e. The molecule has 0 saturated carbocycles. The number of ether oxygens (including phenoxy) is 1. The third-order valence-corrected chi connectivity index (χ3v) is 3.73. The van der Waals surface area contributed by atoms with Crippen molar-refractivity contribution < 1.29 is 14.6 Å². The van der Waals surface area contributed by atoms with Gasteiger partial charge in [0.25, 0.3) is 0 Å². The van der Waals surface area contributed by atoms with Crippen molar-refractivity contribution in [3.8, 4) is 0 Å². The summed E-state index contributed by atoms with van der Waals surface area (Å²) in [5.74, 6) is -0.711. The highest BCUT2D eigenvalue weighted by Crippen LogP contribution is 2.27. The van der Waals surface area contributed by atoms with Crippen LogP contribution < -0.4 is 0 Å². The van der Waals surface area contributed by atoms with Crippen LogP contribution in [0.5, 0.6) is 0 Å². The maximum Gasteiger partial charge on any atom is 0.307 e. The van der Waals surface area contributed by atoms with Crippen LogP contribution in [0.3, 0.4) is 0 Å². The van der Waals surface area contributed by atoms with Crippen molar-refractivity contribution in [2.24, 2.45) is 11.8 Å². The standard InChI is InChI=1S/C15H20O3/c1-11-2-4-12(5-3-11)10-14(15(16)17)13-6-8-18-9-7-13/h2-5,13-14H,6-10H2,1H3,(H,16,17). The quantitative estimate of drug-likeness (QED) is 0.891. The summed E-state index contributed by atoms with van der Waals surface area (Å²) in [7, 11) is 0. The van der Waals surface area contributed by atoms with Crippen molar-refractivity contribution in [1.29, 1.82) is 0 Å². The van der Waals surface area contributed by atoms with Crippen LogP contribution in [0.4, 0.5) is 0 Å². The Morgan fingerprint density at radius 2 is 1.94 bits per heavy atom. The summed E-state index contributed by atoms with van der Waals surface area (Å²) in [5.41, 5.74) is 2.32. The third-order valence-electron chi connectivity index (χ3n) is 3.73. The molecule has 98 valence electrons. The second-order valence-electron chi connectivity index (χ2n) is 5.08. The number of carboxylic acid groups (broad SMARTS) is 1. The van der Waals surface area contributed by atoms with Crippen LogP contribution in [-0.2, 0) is 16.0 Å². The first kappa shape index (κ1) is 13.1. The molecule has 0 aliphatic carbocycles. The molecule has 1 aromatic rings. The van der Waals surface area contributed by atoms with Gasteiger partial charge in [-0.1, -0.05) is 29.8 Å². The van der Waals surface area contributed by atoms with Crippen LogP contribution in [0.15, 0.2) is 24.3 Å². The van der Waals surface area contributed by atoms with Crippen LogP contribution in [-0.4, -0.2) is 24.3 Å². The Hall–Kier alpha value is -1.35. The van der Waals surface area contributed by atoms with E-state index in [0.29, 0.717) is 19.6 Å². The van der Waals surface area contributed by atoms with E-state index in [0.717, 1.165) is 18.4 Å². The van der Waals surface area contributed by atoms with Crippen LogP contribution in [0.1, 0.15) is 24.0 Å². The largest absolute Gasteiger partial charge is 0.481 e. The van der Waals surface area contributed by atoms with Gasteiger partial charge in [0.1, 0.15) is 0 Å². The number of hydrogen-bond donors (Lipinski definition) is 1. The van der Waals surface area contributed by atoms with E-state index in [1.807, 2.05) is 31.2 Å². The highest BCUT2D eigenvalue weighted by molar-refractivity contribution is 5.70. The predicted octanol–water partition coefficient (Wildman–Crippen LogP) is 2.66. The van der Waals surface area contributed by atoms with Crippen molar-refractivity contribution in [2.75, 3.05) is 13.2 Å². The lowest BCUT2D eigenvalue weighted by atomic mass is 9.82. The Morgan fingerprint density at radius 3 is 2.50 bits per heavy atom. The van der Waals surface area contributed by atoms with E-state index in [4.69, 9.17) is 4.74 Å². The molecular weight excluding hydrogens is 228 g/mol. The number of benzene rings is 1. The second-order valence-corrected chi connectivity index (χ2v) is 5.08. The van der Waals surface area contributed by atoms with E-state index in [2.05, 4.69) is 0 Å². The lowest BCUT2D eigenvalue weighted by Gasteiger charge is -2.27. The van der Waals surface area contributed by atoms with E-state index in [1.54, 1.807) is 0 Å². The van der Waals surface area contributed by atoms with Crippen LogP contribution >= 0.6 is 0 Å². The molecule has 0 spiro atoms. The van der Waals surface area contributed by atoms with Gasteiger partial charge in [-0.3, -0.25) is 4.79 Å². The van der Waals surface area contributed by atoms with Gasteiger partial charge in [0.2, 0.25) is 0 Å². The molecule has 2 rings (SSSR count). The number of hydrogen-bond acceptors (Lipinski definition) is 2. The first-order valence-electron chi connectivity index (χ1n) is 6.53. The van der Waals surface area contributed by atoms with E-state index < -0.39 is 5.97 Å². The maximum atomic E-state index is 11.4. The number of carbonyl (C=O) groups is 1. The molecule has 0 aromatic heterocycles. The molecule has 0 radical (unpaired) electrons. The lowest BCUT2D eigenvalue weighted by molar-refractivity contribution is -0.145. The van der Waals surface area contributed by atoms with Crippen LogP contribution in [0, 0.1) is 18.8 Å². The molecule has 0 bridgehead atoms. The molecule has 1 heterocycles. The molecule has 1 aliphatic rings. The molecular formula is C15H20O3. The lowest BCUT2D eigenvalue weighted by Crippen LogP contribution is -2.30. The van der Waals surface area contributed by atoms with Crippen LogP contribution in [0.25, 0.3) is 0 Å². The summed E-state index contributed by atoms with van der Waals surface area (Å²) in [6.07, 6.45) is 2.35. The molecule has 1 saturated heterocycles. The van der Waals surface area contributed by atoms with Gasteiger partial charge in [0.15, 0.2) is 0 Å². The van der Waals surface area contributed by atoms with Gasteiger partial charge in [-0.2, -0.15) is 0 Å². The summed E-state index contributed by atoms with van der Waals surface area (Å²) in [4.78, 5) is 11.4. The zero-order valence-corrected chi connectivity index (χ0v) is 10.8. The molecule has 1 aliphatic heterocycles. The summed E-state index contributed by atoms with van der Waals surface area (Å²) >= 11 is 0. The van der Waals surface area contributed by atoms with E-state index in [9.17, 15) is 9.90 Å². The molecule has 1 fully saturated rings. The van der Waals surface area contributed by atoms with Crippen molar-refractivity contribution in [3.63, 3.8) is 0 Å². The van der Waals surface area contributed by atoms with Gasteiger partial charge in [0, 0.05) is 13.2 Å². The van der Waals surface area contributed by atoms with Crippen LogP contribution in [0.2, 0.25) is 0 Å². The maximum absolute atomic E-state index is 11.4. The Kier molecular flexibility index (Phi) is 4.37. The van der Waals surface area contributed by atoms with Gasteiger partial charge in [-0.25, -0.2) is 0 Å². The first-order chi connectivity index (χ1) is 8.66. The van der Waals surface area contributed by atoms with E-state index in [-0.39, 0.29) is 11.8 Å². The van der Waals surface area contributed by atoms with Gasteiger partial charge in [0.05, 0.1) is 5.92 Å². The van der Waals surface area contributed by atoms with Crippen molar-refractivity contribution in [3.05, 3.63) is 35.4 Å². The fourth-order valence-corrected chi connectivity index (χ4v) is 2.55. The molecule has 3 nitrogen and oxygen atoms in total. The Labute approximate surface area is 108 Å². The number of carboxylic acids is 1. The average Bonchev–Trinajstić information content (AvgIpc) is 2.38. The van der Waals surface area contributed by atoms with Crippen molar-refractivity contribution in [2.45, 2.75) is 26.2 Å². The Balaban J connectivity index is 2.05. The van der Waals surface area contributed by atoms with Crippen molar-refractivity contribution in [1.82, 2.24) is 0 Å². The molecule has 0 amide bonds. The van der Waals surface area contributed by atoms with E-state index in [1.165, 1.54) is 5.56 Å². The Bertz CT molecular complexity index is 391. The number of aliphatic carboxylic acids is 1. The topological polar surface area (TPSA) is 46.5 Å². The van der Waals surface area contributed by atoms with Crippen molar-refractivity contribution >= 4 is 5.97 Å². The highest BCUT2D eigenvalue weighted by atomic mass is 16.5. The molecule has 1 unspecified atom stereocenters. The molecule has 1 N–H and O–H groups in total. The third kappa shape index (κ3) is 3.33. The predicted molar refractivity (Wildman–Crippen MR) is 69.6 cm³/mol. The first-order valence-corrected chi connectivity index (χ1v) is 6.53. The molecule has 3 heteroatoms. The fraction of sp³-hybridized carbons (Fsp3) is 0.533. The second kappa shape index (κ2) is 6.01. The Morgan fingerprint density at radius 1 is 1.33 bits per heavy atom. The molecule has 18 heavy (non-hydrogen) atoms. The zero-order valence-electron chi connectivity index (χ0n) is 10.8. The highest BCUT2D eigenvalue weighted by Gasteiger charge is 2.29. The van der Waals surface area contributed by atoms with Gasteiger partial charge < -0.3 is 9.84 Å². The zero-order chi connectivity index (χ0) is 13.0. The average molecular weight is 248 g/mol. The van der Waals surface area contributed by atoms with E-state index >= 15 is 0 Å². The molecule has 1 aromatic carbocycles. The summed E-state index contributed by atoms with van der Waals surface area (Å²) in [6.45, 7) is 3.43. The minimum absolute atomic E-state index is 0.248. The minimum Gasteiger partial charge on any atom is -0.481 e. The summed E-state index contributed by atoms with van der Waals surface area (Å²) < 4.78 is 5.30. The number of rotatable bonds is 4. The molecule has 1 atom stereocenters.